The zero-order valence-electron chi connectivity index (χ0n) is 11.4. The lowest BCUT2D eigenvalue weighted by Crippen LogP contribution is -2.09. The minimum Gasteiger partial charge on any atom is -0.370 e. The molecule has 1 aromatic heterocycles. The topological polar surface area (TPSA) is 37.8 Å². The summed E-state index contributed by atoms with van der Waals surface area (Å²) in [6.45, 7) is 5.04. The Labute approximate surface area is 114 Å². The van der Waals surface area contributed by atoms with Crippen LogP contribution in [-0.2, 0) is 5.75 Å². The van der Waals surface area contributed by atoms with Gasteiger partial charge in [0.1, 0.15) is 11.6 Å². The van der Waals surface area contributed by atoms with Crippen LogP contribution in [0.2, 0.25) is 0 Å². The van der Waals surface area contributed by atoms with Crippen LogP contribution in [0.1, 0.15) is 50.5 Å². The van der Waals surface area contributed by atoms with Gasteiger partial charge in [0.15, 0.2) is 0 Å². The Morgan fingerprint density at radius 1 is 1.28 bits per heavy atom. The first-order valence-electron chi connectivity index (χ1n) is 6.98. The van der Waals surface area contributed by atoms with Crippen LogP contribution < -0.4 is 5.32 Å². The molecule has 1 saturated carbocycles. The lowest BCUT2D eigenvalue weighted by molar-refractivity contribution is 0.516. The van der Waals surface area contributed by atoms with Gasteiger partial charge in [0.2, 0.25) is 0 Å². The van der Waals surface area contributed by atoms with Crippen LogP contribution in [0.4, 0.5) is 5.82 Å². The van der Waals surface area contributed by atoms with Gasteiger partial charge in [-0.3, -0.25) is 0 Å². The number of hydrogen-bond donors (Lipinski definition) is 1. The molecular weight excluding hydrogens is 242 g/mol. The fraction of sp³-hybridized carbons (Fsp3) is 0.714. The Hall–Kier alpha value is -0.770. The smallest absolute Gasteiger partial charge is 0.140 e. The molecule has 0 bridgehead atoms. The molecular formula is C14H23N3S. The van der Waals surface area contributed by atoms with E-state index in [1.54, 1.807) is 0 Å². The standard InChI is InChI=1S/C14H23N3S/c1-3-15-13-9-11(2)16-14(17-13)10-18-12-7-5-4-6-8-12/h9,12H,3-8,10H2,1-2H3,(H,15,16,17). The lowest BCUT2D eigenvalue weighted by Gasteiger charge is -2.20. The lowest BCUT2D eigenvalue weighted by atomic mass is 10.0. The van der Waals surface area contributed by atoms with E-state index < -0.39 is 0 Å². The fourth-order valence-electron chi connectivity index (χ4n) is 2.39. The average Bonchev–Trinajstić information content (AvgIpc) is 2.37. The van der Waals surface area contributed by atoms with Gasteiger partial charge in [-0.25, -0.2) is 9.97 Å². The van der Waals surface area contributed by atoms with Crippen LogP contribution in [0.3, 0.4) is 0 Å². The molecule has 0 amide bonds. The molecule has 1 fully saturated rings. The van der Waals surface area contributed by atoms with Crippen molar-refractivity contribution in [2.75, 3.05) is 11.9 Å². The van der Waals surface area contributed by atoms with Gasteiger partial charge in [-0.2, -0.15) is 11.8 Å². The summed E-state index contributed by atoms with van der Waals surface area (Å²) in [6.07, 6.45) is 6.96. The van der Waals surface area contributed by atoms with Crippen molar-refractivity contribution in [2.24, 2.45) is 0 Å². The van der Waals surface area contributed by atoms with E-state index >= 15 is 0 Å². The molecule has 18 heavy (non-hydrogen) atoms. The van der Waals surface area contributed by atoms with Crippen LogP contribution in [0.15, 0.2) is 6.07 Å². The van der Waals surface area contributed by atoms with Gasteiger partial charge < -0.3 is 5.32 Å². The monoisotopic (exact) mass is 265 g/mol. The Morgan fingerprint density at radius 3 is 2.78 bits per heavy atom. The van der Waals surface area contributed by atoms with E-state index in [-0.39, 0.29) is 0 Å². The molecule has 100 valence electrons. The van der Waals surface area contributed by atoms with Crippen molar-refractivity contribution < 1.29 is 0 Å². The van der Waals surface area contributed by atoms with E-state index in [1.165, 1.54) is 32.1 Å². The molecule has 2 rings (SSSR count). The van der Waals surface area contributed by atoms with E-state index in [0.717, 1.165) is 34.9 Å². The fourth-order valence-corrected chi connectivity index (χ4v) is 3.57. The van der Waals surface area contributed by atoms with Crippen LogP contribution in [-0.4, -0.2) is 21.8 Å². The average molecular weight is 265 g/mol. The molecule has 0 spiro atoms. The number of hydrogen-bond acceptors (Lipinski definition) is 4. The van der Waals surface area contributed by atoms with Gasteiger partial charge in [0, 0.05) is 23.6 Å². The Morgan fingerprint density at radius 2 is 2.06 bits per heavy atom. The predicted octanol–water partition coefficient (Wildman–Crippen LogP) is 3.78. The first-order chi connectivity index (χ1) is 8.78. The molecule has 3 nitrogen and oxygen atoms in total. The third kappa shape index (κ3) is 4.16. The second-order valence-electron chi connectivity index (χ2n) is 4.91. The molecule has 0 saturated heterocycles. The third-order valence-electron chi connectivity index (χ3n) is 3.26. The van der Waals surface area contributed by atoms with E-state index in [9.17, 15) is 0 Å². The van der Waals surface area contributed by atoms with Gasteiger partial charge in [0.05, 0.1) is 5.75 Å². The van der Waals surface area contributed by atoms with Crippen LogP contribution >= 0.6 is 11.8 Å². The summed E-state index contributed by atoms with van der Waals surface area (Å²) in [5.74, 6) is 2.89. The SMILES string of the molecule is CCNc1cc(C)nc(CSC2CCCCC2)n1. The summed E-state index contributed by atoms with van der Waals surface area (Å²) in [7, 11) is 0. The highest BCUT2D eigenvalue weighted by Crippen LogP contribution is 2.29. The van der Waals surface area contributed by atoms with Crippen molar-refractivity contribution in [3.63, 3.8) is 0 Å². The van der Waals surface area contributed by atoms with Crippen molar-refractivity contribution in [1.29, 1.82) is 0 Å². The van der Waals surface area contributed by atoms with E-state index in [1.807, 2.05) is 24.8 Å². The van der Waals surface area contributed by atoms with Crippen molar-refractivity contribution in [1.82, 2.24) is 9.97 Å². The predicted molar refractivity (Wildman–Crippen MR) is 79.1 cm³/mol. The van der Waals surface area contributed by atoms with Crippen molar-refractivity contribution in [2.45, 2.75) is 57.0 Å². The number of aromatic nitrogens is 2. The quantitative estimate of drug-likeness (QED) is 0.879. The molecule has 1 N–H and O–H groups in total. The first kappa shape index (κ1) is 13.7. The van der Waals surface area contributed by atoms with E-state index in [2.05, 4.69) is 22.2 Å². The second-order valence-corrected chi connectivity index (χ2v) is 6.20. The van der Waals surface area contributed by atoms with Crippen LogP contribution in [0.25, 0.3) is 0 Å². The molecule has 0 radical (unpaired) electrons. The molecule has 0 aliphatic heterocycles. The third-order valence-corrected chi connectivity index (χ3v) is 4.63. The van der Waals surface area contributed by atoms with Gasteiger partial charge in [-0.05, 0) is 26.7 Å². The molecule has 4 heteroatoms. The summed E-state index contributed by atoms with van der Waals surface area (Å²) in [6, 6.07) is 2.01. The van der Waals surface area contributed by atoms with Gasteiger partial charge in [0.25, 0.3) is 0 Å². The zero-order chi connectivity index (χ0) is 12.8. The van der Waals surface area contributed by atoms with E-state index in [0.29, 0.717) is 0 Å². The highest BCUT2D eigenvalue weighted by atomic mass is 32.2. The number of thioether (sulfide) groups is 1. The molecule has 0 atom stereocenters. The summed E-state index contributed by atoms with van der Waals surface area (Å²) >= 11 is 2.03. The second kappa shape index (κ2) is 6.98. The van der Waals surface area contributed by atoms with Crippen molar-refractivity contribution >= 4 is 17.6 Å². The minimum atomic E-state index is 0.824. The maximum atomic E-state index is 4.56. The molecule has 0 aromatic carbocycles. The van der Waals surface area contributed by atoms with Gasteiger partial charge in [-0.1, -0.05) is 19.3 Å². The van der Waals surface area contributed by atoms with Gasteiger partial charge in [-0.15, -0.1) is 0 Å². The van der Waals surface area contributed by atoms with E-state index in [4.69, 9.17) is 0 Å². The number of nitrogens with zero attached hydrogens (tertiary/aromatic N) is 2. The molecule has 1 aromatic rings. The minimum absolute atomic E-state index is 0.824. The summed E-state index contributed by atoms with van der Waals surface area (Å²) in [5.41, 5.74) is 1.06. The van der Waals surface area contributed by atoms with Crippen LogP contribution in [0, 0.1) is 6.92 Å². The molecule has 1 aliphatic carbocycles. The number of anilines is 1. The molecule has 1 heterocycles. The highest BCUT2D eigenvalue weighted by Gasteiger charge is 2.14. The summed E-state index contributed by atoms with van der Waals surface area (Å²) in [4.78, 5) is 9.09. The maximum Gasteiger partial charge on any atom is 0.140 e. The molecule has 1 aliphatic rings. The summed E-state index contributed by atoms with van der Waals surface area (Å²) in [5, 5.41) is 4.09. The number of rotatable bonds is 5. The van der Waals surface area contributed by atoms with Crippen molar-refractivity contribution in [3.8, 4) is 0 Å². The van der Waals surface area contributed by atoms with Crippen molar-refractivity contribution in [3.05, 3.63) is 17.6 Å². The number of aryl methyl sites for hydroxylation is 1. The van der Waals surface area contributed by atoms with Gasteiger partial charge >= 0.3 is 0 Å². The number of nitrogens with one attached hydrogen (secondary N) is 1. The zero-order valence-corrected chi connectivity index (χ0v) is 12.2. The normalized spacial score (nSPS) is 16.8. The summed E-state index contributed by atoms with van der Waals surface area (Å²) < 4.78 is 0. The Bertz CT molecular complexity index is 375. The first-order valence-corrected chi connectivity index (χ1v) is 8.03. The Balaban J connectivity index is 1.91. The highest BCUT2D eigenvalue weighted by molar-refractivity contribution is 7.99. The Kier molecular flexibility index (Phi) is 5.29. The largest absolute Gasteiger partial charge is 0.370 e. The molecule has 0 unspecified atom stereocenters. The maximum absolute atomic E-state index is 4.56. The van der Waals surface area contributed by atoms with Crippen LogP contribution in [0.5, 0.6) is 0 Å².